The summed E-state index contributed by atoms with van der Waals surface area (Å²) in [5.41, 5.74) is 3.49. The molecule has 2 aromatic carbocycles. The van der Waals surface area contributed by atoms with Gasteiger partial charge in [0.15, 0.2) is 0 Å². The van der Waals surface area contributed by atoms with Crippen LogP contribution in [-0.4, -0.2) is 16.6 Å². The van der Waals surface area contributed by atoms with Crippen LogP contribution < -0.4 is 5.32 Å². The number of hydrogen-bond donors (Lipinski definition) is 1. The van der Waals surface area contributed by atoms with E-state index in [4.69, 9.17) is 0 Å². The molecule has 1 heterocycles. The molecule has 1 atom stereocenters. The average Bonchev–Trinajstić information content (AvgIpc) is 3.04. The molecule has 0 saturated heterocycles. The molecule has 0 spiro atoms. The molecule has 25 heavy (non-hydrogen) atoms. The van der Waals surface area contributed by atoms with Crippen LogP contribution >= 0.6 is 23.1 Å². The van der Waals surface area contributed by atoms with Crippen LogP contribution in [0.5, 0.6) is 0 Å². The zero-order chi connectivity index (χ0) is 17.6. The predicted molar refractivity (Wildman–Crippen MR) is 108 cm³/mol. The summed E-state index contributed by atoms with van der Waals surface area (Å²) in [5.74, 6) is 1.29. The molecule has 1 unspecified atom stereocenters. The van der Waals surface area contributed by atoms with E-state index in [1.165, 1.54) is 10.3 Å². The number of aryl methyl sites for hydroxylation is 1. The molecule has 0 aliphatic rings. The van der Waals surface area contributed by atoms with Crippen molar-refractivity contribution in [2.45, 2.75) is 32.1 Å². The maximum Gasteiger partial charge on any atom is 0.230 e. The Morgan fingerprint density at radius 3 is 2.68 bits per heavy atom. The molecule has 0 radical (unpaired) electrons. The van der Waals surface area contributed by atoms with Crippen LogP contribution in [0.4, 0.5) is 0 Å². The third kappa shape index (κ3) is 4.83. The number of para-hydroxylation sites is 1. The number of amides is 1. The summed E-state index contributed by atoms with van der Waals surface area (Å²) in [7, 11) is 0. The first-order valence-corrected chi connectivity index (χ1v) is 10.4. The van der Waals surface area contributed by atoms with Crippen molar-refractivity contribution < 1.29 is 4.79 Å². The molecular formula is C20H22N2OS2. The third-order valence-electron chi connectivity index (χ3n) is 4.06. The fourth-order valence-corrected chi connectivity index (χ4v) is 4.48. The van der Waals surface area contributed by atoms with Gasteiger partial charge in [0.2, 0.25) is 5.91 Å². The lowest BCUT2D eigenvalue weighted by Crippen LogP contribution is -2.28. The summed E-state index contributed by atoms with van der Waals surface area (Å²) >= 11 is 3.31. The van der Waals surface area contributed by atoms with E-state index in [-0.39, 0.29) is 11.9 Å². The Hall–Kier alpha value is -1.85. The van der Waals surface area contributed by atoms with Gasteiger partial charge in [0.1, 0.15) is 5.01 Å². The Labute approximate surface area is 156 Å². The topological polar surface area (TPSA) is 42.0 Å². The monoisotopic (exact) mass is 370 g/mol. The number of thiazole rings is 1. The summed E-state index contributed by atoms with van der Waals surface area (Å²) < 4.78 is 1.20. The first-order chi connectivity index (χ1) is 12.2. The molecule has 0 bridgehead atoms. The lowest BCUT2D eigenvalue weighted by molar-refractivity contribution is -0.119. The van der Waals surface area contributed by atoms with Crippen LogP contribution in [0.2, 0.25) is 0 Å². The number of rotatable bonds is 7. The highest BCUT2D eigenvalue weighted by Crippen LogP contribution is 2.24. The number of carbonyl (C=O) groups excluding carboxylic acids is 1. The highest BCUT2D eigenvalue weighted by molar-refractivity contribution is 7.99. The molecule has 0 aliphatic heterocycles. The normalized spacial score (nSPS) is 12.2. The van der Waals surface area contributed by atoms with Crippen molar-refractivity contribution in [3.63, 3.8) is 0 Å². The quantitative estimate of drug-likeness (QED) is 0.638. The fourth-order valence-electron chi connectivity index (χ4n) is 2.62. The van der Waals surface area contributed by atoms with Crippen molar-refractivity contribution in [3.05, 3.63) is 64.7 Å². The second kappa shape index (κ2) is 8.50. The molecule has 130 valence electrons. The van der Waals surface area contributed by atoms with Crippen LogP contribution in [0.25, 0.3) is 10.2 Å². The van der Waals surface area contributed by atoms with Gasteiger partial charge in [-0.2, -0.15) is 0 Å². The van der Waals surface area contributed by atoms with E-state index < -0.39 is 0 Å². The molecule has 0 saturated carbocycles. The number of aromatic nitrogens is 1. The number of nitrogens with zero attached hydrogens (tertiary/aromatic N) is 1. The van der Waals surface area contributed by atoms with E-state index in [1.54, 1.807) is 23.1 Å². The molecule has 1 N–H and O–H groups in total. The minimum Gasteiger partial charge on any atom is -0.349 e. The van der Waals surface area contributed by atoms with Gasteiger partial charge in [-0.15, -0.1) is 23.1 Å². The Morgan fingerprint density at radius 1 is 1.20 bits per heavy atom. The largest absolute Gasteiger partial charge is 0.349 e. The maximum absolute atomic E-state index is 12.2. The van der Waals surface area contributed by atoms with Crippen LogP contribution in [0.3, 0.4) is 0 Å². The highest BCUT2D eigenvalue weighted by Gasteiger charge is 2.10. The molecule has 3 nitrogen and oxygen atoms in total. The SMILES string of the molecule is CCc1ccc(C(C)NC(=O)CSCc2nc3ccccc3s2)cc1. The molecule has 3 aromatic rings. The van der Waals surface area contributed by atoms with E-state index >= 15 is 0 Å². The van der Waals surface area contributed by atoms with E-state index in [0.29, 0.717) is 5.75 Å². The second-order valence-corrected chi connectivity index (χ2v) is 8.05. The van der Waals surface area contributed by atoms with Gasteiger partial charge in [-0.1, -0.05) is 43.3 Å². The minimum atomic E-state index is 0.0291. The van der Waals surface area contributed by atoms with Crippen molar-refractivity contribution >= 4 is 39.2 Å². The summed E-state index contributed by atoms with van der Waals surface area (Å²) in [4.78, 5) is 16.8. The van der Waals surface area contributed by atoms with Crippen molar-refractivity contribution in [1.29, 1.82) is 0 Å². The number of carbonyl (C=O) groups is 1. The Balaban J connectivity index is 1.47. The summed E-state index contributed by atoms with van der Waals surface area (Å²) in [5, 5.41) is 4.14. The average molecular weight is 371 g/mol. The van der Waals surface area contributed by atoms with Crippen LogP contribution in [0, 0.1) is 0 Å². The number of thioether (sulfide) groups is 1. The molecule has 0 fully saturated rings. The second-order valence-electron chi connectivity index (χ2n) is 5.95. The fraction of sp³-hybridized carbons (Fsp3) is 0.300. The van der Waals surface area contributed by atoms with Crippen molar-refractivity contribution in [2.75, 3.05) is 5.75 Å². The van der Waals surface area contributed by atoms with Gasteiger partial charge in [-0.25, -0.2) is 4.98 Å². The van der Waals surface area contributed by atoms with E-state index in [0.717, 1.165) is 28.3 Å². The number of nitrogens with one attached hydrogen (secondary N) is 1. The first kappa shape index (κ1) is 18.0. The molecule has 0 aliphatic carbocycles. The molecule has 1 aromatic heterocycles. The van der Waals surface area contributed by atoms with Gasteiger partial charge in [-0.05, 0) is 36.6 Å². The molecule has 1 amide bonds. The lowest BCUT2D eigenvalue weighted by atomic mass is 10.1. The Bertz CT molecular complexity index is 809. The molecular weight excluding hydrogens is 348 g/mol. The third-order valence-corrected chi connectivity index (χ3v) is 6.23. The first-order valence-electron chi connectivity index (χ1n) is 8.46. The van der Waals surface area contributed by atoms with Crippen LogP contribution in [-0.2, 0) is 17.0 Å². The van der Waals surface area contributed by atoms with Gasteiger partial charge in [0.05, 0.1) is 22.0 Å². The predicted octanol–water partition coefficient (Wildman–Crippen LogP) is 4.97. The van der Waals surface area contributed by atoms with E-state index in [2.05, 4.69) is 47.6 Å². The standard InChI is InChI=1S/C20H22N2OS2/c1-3-15-8-10-16(11-9-15)14(2)21-19(23)12-24-13-20-22-17-6-4-5-7-18(17)25-20/h4-11,14H,3,12-13H2,1-2H3,(H,21,23). The minimum absolute atomic E-state index is 0.0291. The van der Waals surface area contributed by atoms with Gasteiger partial charge in [0, 0.05) is 5.75 Å². The maximum atomic E-state index is 12.2. The Morgan fingerprint density at radius 2 is 1.96 bits per heavy atom. The van der Waals surface area contributed by atoms with Gasteiger partial charge >= 0.3 is 0 Å². The number of benzene rings is 2. The number of fused-ring (bicyclic) bond motifs is 1. The van der Waals surface area contributed by atoms with Crippen molar-refractivity contribution in [1.82, 2.24) is 10.3 Å². The Kier molecular flexibility index (Phi) is 6.10. The van der Waals surface area contributed by atoms with Crippen LogP contribution in [0.1, 0.15) is 36.0 Å². The van der Waals surface area contributed by atoms with Crippen molar-refractivity contribution in [3.8, 4) is 0 Å². The van der Waals surface area contributed by atoms with Crippen LogP contribution in [0.15, 0.2) is 48.5 Å². The number of hydrogen-bond acceptors (Lipinski definition) is 4. The summed E-state index contributed by atoms with van der Waals surface area (Å²) in [6.45, 7) is 4.17. The van der Waals surface area contributed by atoms with Gasteiger partial charge in [0.25, 0.3) is 0 Å². The zero-order valence-corrected chi connectivity index (χ0v) is 16.1. The molecule has 3 rings (SSSR count). The zero-order valence-electron chi connectivity index (χ0n) is 14.5. The van der Waals surface area contributed by atoms with Gasteiger partial charge < -0.3 is 5.32 Å². The van der Waals surface area contributed by atoms with Crippen molar-refractivity contribution in [2.24, 2.45) is 0 Å². The van der Waals surface area contributed by atoms with Gasteiger partial charge in [-0.3, -0.25) is 4.79 Å². The lowest BCUT2D eigenvalue weighted by Gasteiger charge is -2.14. The highest BCUT2D eigenvalue weighted by atomic mass is 32.2. The summed E-state index contributed by atoms with van der Waals surface area (Å²) in [6, 6.07) is 16.6. The molecule has 5 heteroatoms. The van der Waals surface area contributed by atoms with E-state index in [9.17, 15) is 4.79 Å². The van der Waals surface area contributed by atoms with E-state index in [1.807, 2.05) is 25.1 Å². The summed E-state index contributed by atoms with van der Waals surface area (Å²) in [6.07, 6.45) is 1.03. The smallest absolute Gasteiger partial charge is 0.230 e.